The molecule has 2 N–H and O–H groups in total. The van der Waals surface area contributed by atoms with Crippen LogP contribution < -0.4 is 4.72 Å². The molecule has 5 nitrogen and oxygen atoms in total. The minimum Gasteiger partial charge on any atom is -0.392 e. The molecule has 0 amide bonds. The first-order valence-electron chi connectivity index (χ1n) is 5.81. The number of hydrogen-bond acceptors (Lipinski definition) is 4. The molecule has 106 valence electrons. The van der Waals surface area contributed by atoms with Crippen molar-refractivity contribution in [1.29, 1.82) is 0 Å². The van der Waals surface area contributed by atoms with Gasteiger partial charge in [0.05, 0.1) is 6.61 Å². The zero-order chi connectivity index (χ0) is 14.6. The quantitative estimate of drug-likeness (QED) is 0.856. The summed E-state index contributed by atoms with van der Waals surface area (Å²) in [7, 11) is -3.65. The number of aromatic nitrogens is 1. The second kappa shape index (κ2) is 6.45. The van der Waals surface area contributed by atoms with Crippen molar-refractivity contribution in [3.05, 3.63) is 58.2 Å². The third-order valence-electron chi connectivity index (χ3n) is 2.64. The van der Waals surface area contributed by atoms with Gasteiger partial charge in [-0.05, 0) is 29.3 Å². The van der Waals surface area contributed by atoms with Gasteiger partial charge >= 0.3 is 0 Å². The van der Waals surface area contributed by atoms with Crippen LogP contribution in [0.3, 0.4) is 0 Å². The zero-order valence-corrected chi connectivity index (χ0v) is 12.9. The molecule has 0 saturated carbocycles. The maximum Gasteiger partial charge on any atom is 0.258 e. The van der Waals surface area contributed by atoms with Crippen molar-refractivity contribution < 1.29 is 13.5 Å². The highest BCUT2D eigenvalue weighted by atomic mass is 79.9. The maximum atomic E-state index is 12.0. The van der Waals surface area contributed by atoms with Crippen LogP contribution in [0.5, 0.6) is 0 Å². The van der Waals surface area contributed by atoms with Crippen molar-refractivity contribution in [2.75, 3.05) is 0 Å². The van der Waals surface area contributed by atoms with E-state index in [1.54, 1.807) is 0 Å². The van der Waals surface area contributed by atoms with E-state index in [2.05, 4.69) is 25.6 Å². The summed E-state index contributed by atoms with van der Waals surface area (Å²) in [6, 6.07) is 10.2. The molecule has 0 fully saturated rings. The Morgan fingerprint density at radius 2 is 1.75 bits per heavy atom. The Hall–Kier alpha value is -1.28. The Labute approximate surface area is 125 Å². The minimum absolute atomic E-state index is 0.0631. The molecule has 0 aliphatic heterocycles. The van der Waals surface area contributed by atoms with E-state index in [1.807, 2.05) is 24.3 Å². The fourth-order valence-corrected chi connectivity index (χ4v) is 2.73. The smallest absolute Gasteiger partial charge is 0.258 e. The summed E-state index contributed by atoms with van der Waals surface area (Å²) in [6.45, 7) is 0.0265. The van der Waals surface area contributed by atoms with Gasteiger partial charge in [-0.25, -0.2) is 18.1 Å². The number of nitrogens with zero attached hydrogens (tertiary/aromatic N) is 1. The van der Waals surface area contributed by atoms with Crippen LogP contribution >= 0.6 is 15.9 Å². The van der Waals surface area contributed by atoms with Gasteiger partial charge in [-0.3, -0.25) is 0 Å². The van der Waals surface area contributed by atoms with Crippen LogP contribution in [0, 0.1) is 0 Å². The number of halogens is 1. The number of benzene rings is 1. The lowest BCUT2D eigenvalue weighted by atomic mass is 10.2. The van der Waals surface area contributed by atoms with Gasteiger partial charge in [0.25, 0.3) is 10.0 Å². The van der Waals surface area contributed by atoms with E-state index in [-0.39, 0.29) is 18.2 Å². The van der Waals surface area contributed by atoms with E-state index < -0.39 is 10.0 Å². The number of sulfonamides is 1. The summed E-state index contributed by atoms with van der Waals surface area (Å²) in [4.78, 5) is 3.83. The van der Waals surface area contributed by atoms with Gasteiger partial charge in [-0.2, -0.15) is 0 Å². The number of hydrogen-bond donors (Lipinski definition) is 2. The Kier molecular flexibility index (Phi) is 4.87. The number of aliphatic hydroxyl groups is 1. The highest BCUT2D eigenvalue weighted by molar-refractivity contribution is 9.10. The van der Waals surface area contributed by atoms with E-state index in [0.29, 0.717) is 5.56 Å². The lowest BCUT2D eigenvalue weighted by molar-refractivity contribution is 0.281. The van der Waals surface area contributed by atoms with Crippen LogP contribution in [0.4, 0.5) is 0 Å². The number of rotatable bonds is 5. The molecule has 0 saturated heterocycles. The maximum absolute atomic E-state index is 12.0. The van der Waals surface area contributed by atoms with Crippen LogP contribution in [0.2, 0.25) is 0 Å². The normalized spacial score (nSPS) is 11.5. The number of aliphatic hydroxyl groups excluding tert-OH is 1. The predicted octanol–water partition coefficient (Wildman–Crippen LogP) is 1.81. The Morgan fingerprint density at radius 1 is 1.10 bits per heavy atom. The van der Waals surface area contributed by atoms with Crippen molar-refractivity contribution in [3.8, 4) is 0 Å². The fraction of sp³-hybridized carbons (Fsp3) is 0.154. The molecule has 2 rings (SSSR count). The van der Waals surface area contributed by atoms with Crippen LogP contribution in [-0.2, 0) is 23.2 Å². The van der Waals surface area contributed by atoms with E-state index in [4.69, 9.17) is 5.11 Å². The monoisotopic (exact) mass is 356 g/mol. The van der Waals surface area contributed by atoms with Gasteiger partial charge in [-0.1, -0.05) is 34.1 Å². The fourth-order valence-electron chi connectivity index (χ4n) is 1.52. The van der Waals surface area contributed by atoms with Crippen LogP contribution in [0.15, 0.2) is 52.1 Å². The molecular weight excluding hydrogens is 344 g/mol. The second-order valence-electron chi connectivity index (χ2n) is 4.11. The van der Waals surface area contributed by atoms with Crippen LogP contribution in [0.25, 0.3) is 0 Å². The summed E-state index contributed by atoms with van der Waals surface area (Å²) in [5.74, 6) is 0. The topological polar surface area (TPSA) is 79.3 Å². The van der Waals surface area contributed by atoms with Crippen molar-refractivity contribution >= 4 is 26.0 Å². The standard InChI is InChI=1S/C13H13BrN2O3S/c14-12-4-1-10(2-5-12)8-16-20(18,19)13-6-3-11(9-17)7-15-13/h1-7,16-17H,8-9H2. The molecular formula is C13H13BrN2O3S. The summed E-state index contributed by atoms with van der Waals surface area (Å²) >= 11 is 3.32. The highest BCUT2D eigenvalue weighted by Gasteiger charge is 2.15. The molecule has 0 radical (unpaired) electrons. The molecule has 20 heavy (non-hydrogen) atoms. The Morgan fingerprint density at radius 3 is 2.30 bits per heavy atom. The Bertz CT molecular complexity index is 670. The average molecular weight is 357 g/mol. The lowest BCUT2D eigenvalue weighted by Crippen LogP contribution is -2.24. The minimum atomic E-state index is -3.65. The molecule has 1 aromatic heterocycles. The SMILES string of the molecule is O=S(=O)(NCc1ccc(Br)cc1)c1ccc(CO)cn1. The Balaban J connectivity index is 2.08. The van der Waals surface area contributed by atoms with Crippen molar-refractivity contribution in [1.82, 2.24) is 9.71 Å². The zero-order valence-electron chi connectivity index (χ0n) is 10.5. The van der Waals surface area contributed by atoms with Gasteiger partial charge in [0.1, 0.15) is 0 Å². The highest BCUT2D eigenvalue weighted by Crippen LogP contribution is 2.12. The molecule has 0 unspecified atom stereocenters. The van der Waals surface area contributed by atoms with Gasteiger partial charge in [-0.15, -0.1) is 0 Å². The van der Waals surface area contributed by atoms with Crippen LogP contribution in [0.1, 0.15) is 11.1 Å². The average Bonchev–Trinajstić information content (AvgIpc) is 2.47. The molecule has 2 aromatic rings. The molecule has 0 atom stereocenters. The molecule has 1 heterocycles. The molecule has 1 aromatic carbocycles. The van der Waals surface area contributed by atoms with Crippen molar-refractivity contribution in [2.45, 2.75) is 18.2 Å². The van der Waals surface area contributed by atoms with E-state index >= 15 is 0 Å². The third-order valence-corrected chi connectivity index (χ3v) is 4.48. The summed E-state index contributed by atoms with van der Waals surface area (Å²) < 4.78 is 27.5. The summed E-state index contributed by atoms with van der Waals surface area (Å²) in [6.07, 6.45) is 1.34. The van der Waals surface area contributed by atoms with Gasteiger partial charge in [0.15, 0.2) is 5.03 Å². The van der Waals surface area contributed by atoms with Gasteiger partial charge in [0, 0.05) is 17.2 Å². The molecule has 7 heteroatoms. The molecule has 0 aliphatic carbocycles. The first-order valence-corrected chi connectivity index (χ1v) is 8.09. The largest absolute Gasteiger partial charge is 0.392 e. The van der Waals surface area contributed by atoms with E-state index in [9.17, 15) is 8.42 Å². The van der Waals surface area contributed by atoms with Crippen molar-refractivity contribution in [2.24, 2.45) is 0 Å². The molecule has 0 bridgehead atoms. The van der Waals surface area contributed by atoms with E-state index in [0.717, 1.165) is 10.0 Å². The number of pyridine rings is 1. The summed E-state index contributed by atoms with van der Waals surface area (Å²) in [5, 5.41) is 8.83. The van der Waals surface area contributed by atoms with Gasteiger partial charge < -0.3 is 5.11 Å². The first kappa shape index (κ1) is 15.1. The lowest BCUT2D eigenvalue weighted by Gasteiger charge is -2.06. The molecule has 0 aliphatic rings. The third kappa shape index (κ3) is 3.86. The number of nitrogens with one attached hydrogen (secondary N) is 1. The summed E-state index contributed by atoms with van der Waals surface area (Å²) in [5.41, 5.74) is 1.42. The molecule has 0 spiro atoms. The second-order valence-corrected chi connectivity index (χ2v) is 6.74. The van der Waals surface area contributed by atoms with Gasteiger partial charge in [0.2, 0.25) is 0 Å². The predicted molar refractivity (Wildman–Crippen MR) is 78.3 cm³/mol. The first-order chi connectivity index (χ1) is 9.51. The van der Waals surface area contributed by atoms with Crippen molar-refractivity contribution in [3.63, 3.8) is 0 Å². The van der Waals surface area contributed by atoms with Crippen LogP contribution in [-0.4, -0.2) is 18.5 Å². The van der Waals surface area contributed by atoms with E-state index in [1.165, 1.54) is 18.3 Å².